The summed E-state index contributed by atoms with van der Waals surface area (Å²) in [6.45, 7) is 1.94. The van der Waals surface area contributed by atoms with Gasteiger partial charge in [0.1, 0.15) is 5.82 Å². The summed E-state index contributed by atoms with van der Waals surface area (Å²) in [6, 6.07) is 6.81. The second-order valence-electron chi connectivity index (χ2n) is 5.57. The second-order valence-corrected chi connectivity index (χ2v) is 5.57. The number of hydrogen-bond donors (Lipinski definition) is 0. The van der Waals surface area contributed by atoms with Crippen LogP contribution in [0.2, 0.25) is 0 Å². The molecule has 0 aromatic heterocycles. The van der Waals surface area contributed by atoms with Gasteiger partial charge in [0, 0.05) is 13.1 Å². The Morgan fingerprint density at radius 2 is 1.78 bits per heavy atom. The van der Waals surface area contributed by atoms with Crippen molar-refractivity contribution < 1.29 is 4.39 Å². The highest BCUT2D eigenvalue weighted by atomic mass is 19.1. The molecule has 0 bridgehead atoms. The largest absolute Gasteiger partial charge is 0.369 e. The molecule has 2 aliphatic carbocycles. The van der Waals surface area contributed by atoms with Crippen LogP contribution in [0, 0.1) is 29.0 Å². The van der Waals surface area contributed by atoms with Gasteiger partial charge in [0.25, 0.3) is 0 Å². The molecule has 0 N–H and O–H groups in total. The summed E-state index contributed by atoms with van der Waals surface area (Å²) < 4.78 is 14.0. The Bertz CT molecular complexity index is 470. The van der Waals surface area contributed by atoms with Crippen LogP contribution in [0.25, 0.3) is 0 Å². The molecular formula is C15H17FN2. The van der Waals surface area contributed by atoms with Gasteiger partial charge in [-0.15, -0.1) is 0 Å². The normalized spacial score (nSPS) is 18.4. The highest BCUT2D eigenvalue weighted by Crippen LogP contribution is 2.36. The van der Waals surface area contributed by atoms with Gasteiger partial charge in [-0.25, -0.2) is 4.39 Å². The summed E-state index contributed by atoms with van der Waals surface area (Å²) >= 11 is 0. The van der Waals surface area contributed by atoms with Crippen molar-refractivity contribution in [2.45, 2.75) is 25.7 Å². The molecule has 2 aliphatic rings. The van der Waals surface area contributed by atoms with E-state index in [1.807, 2.05) is 6.07 Å². The number of hydrogen-bond acceptors (Lipinski definition) is 2. The minimum Gasteiger partial charge on any atom is -0.369 e. The van der Waals surface area contributed by atoms with Crippen molar-refractivity contribution in [1.82, 2.24) is 0 Å². The van der Waals surface area contributed by atoms with Crippen LogP contribution in [0.5, 0.6) is 0 Å². The maximum absolute atomic E-state index is 14.0. The maximum atomic E-state index is 14.0. The number of halogens is 1. The lowest BCUT2D eigenvalue weighted by atomic mass is 10.2. The fourth-order valence-corrected chi connectivity index (χ4v) is 2.33. The van der Waals surface area contributed by atoms with Crippen molar-refractivity contribution in [3.8, 4) is 6.07 Å². The van der Waals surface area contributed by atoms with Crippen molar-refractivity contribution in [3.63, 3.8) is 0 Å². The lowest BCUT2D eigenvalue weighted by Gasteiger charge is -2.25. The molecule has 18 heavy (non-hydrogen) atoms. The Hall–Kier alpha value is -1.56. The summed E-state index contributed by atoms with van der Waals surface area (Å²) in [5.74, 6) is 1.24. The van der Waals surface area contributed by atoms with Gasteiger partial charge >= 0.3 is 0 Å². The fraction of sp³-hybridized carbons (Fsp3) is 0.533. The van der Waals surface area contributed by atoms with E-state index in [9.17, 15) is 4.39 Å². The molecule has 0 radical (unpaired) electrons. The topological polar surface area (TPSA) is 27.0 Å². The fourth-order valence-electron chi connectivity index (χ4n) is 2.33. The Kier molecular flexibility index (Phi) is 2.95. The average molecular weight is 244 g/mol. The zero-order chi connectivity index (χ0) is 12.5. The monoisotopic (exact) mass is 244 g/mol. The predicted molar refractivity (Wildman–Crippen MR) is 68.8 cm³/mol. The molecule has 2 nitrogen and oxygen atoms in total. The van der Waals surface area contributed by atoms with E-state index in [4.69, 9.17) is 5.26 Å². The van der Waals surface area contributed by atoms with Crippen molar-refractivity contribution in [3.05, 3.63) is 29.6 Å². The SMILES string of the molecule is N#Cc1ccc(N(CC2CC2)CC2CC2)c(F)c1. The van der Waals surface area contributed by atoms with E-state index in [0.29, 0.717) is 11.3 Å². The van der Waals surface area contributed by atoms with Crippen LogP contribution in [-0.4, -0.2) is 13.1 Å². The van der Waals surface area contributed by atoms with Crippen LogP contribution in [-0.2, 0) is 0 Å². The molecule has 0 heterocycles. The first-order chi connectivity index (χ1) is 8.76. The van der Waals surface area contributed by atoms with E-state index in [1.165, 1.54) is 31.7 Å². The van der Waals surface area contributed by atoms with Crippen LogP contribution >= 0.6 is 0 Å². The number of anilines is 1. The number of benzene rings is 1. The molecule has 0 aliphatic heterocycles. The maximum Gasteiger partial charge on any atom is 0.147 e. The molecular weight excluding hydrogens is 227 g/mol. The molecule has 0 amide bonds. The van der Waals surface area contributed by atoms with Gasteiger partial charge in [-0.3, -0.25) is 0 Å². The van der Waals surface area contributed by atoms with Crippen molar-refractivity contribution >= 4 is 5.69 Å². The van der Waals surface area contributed by atoms with E-state index in [0.717, 1.165) is 24.9 Å². The standard InChI is InChI=1S/C15H17FN2/c16-14-7-13(8-17)5-6-15(14)18(9-11-1-2-11)10-12-3-4-12/h5-7,11-12H,1-4,9-10H2. The van der Waals surface area contributed by atoms with Crippen LogP contribution in [0.4, 0.5) is 10.1 Å². The van der Waals surface area contributed by atoms with E-state index in [-0.39, 0.29) is 5.82 Å². The molecule has 94 valence electrons. The Morgan fingerprint density at radius 1 is 1.17 bits per heavy atom. The molecule has 0 atom stereocenters. The summed E-state index contributed by atoms with van der Waals surface area (Å²) in [7, 11) is 0. The summed E-state index contributed by atoms with van der Waals surface area (Å²) in [5, 5.41) is 8.77. The van der Waals surface area contributed by atoms with Crippen molar-refractivity contribution in [2.75, 3.05) is 18.0 Å². The van der Waals surface area contributed by atoms with Gasteiger partial charge in [-0.05, 0) is 55.7 Å². The first kappa shape index (κ1) is 11.5. The van der Waals surface area contributed by atoms with Crippen molar-refractivity contribution in [2.24, 2.45) is 11.8 Å². The lowest BCUT2D eigenvalue weighted by molar-refractivity contribution is 0.602. The highest BCUT2D eigenvalue weighted by Gasteiger charge is 2.30. The van der Waals surface area contributed by atoms with Gasteiger partial charge in [0.15, 0.2) is 0 Å². The molecule has 1 aromatic rings. The zero-order valence-electron chi connectivity index (χ0n) is 10.4. The third-order valence-corrected chi connectivity index (χ3v) is 3.77. The Balaban J connectivity index is 1.80. The number of nitrogens with zero attached hydrogens (tertiary/aromatic N) is 2. The van der Waals surface area contributed by atoms with E-state index in [1.54, 1.807) is 12.1 Å². The van der Waals surface area contributed by atoms with E-state index >= 15 is 0 Å². The van der Waals surface area contributed by atoms with Gasteiger partial charge in [0.05, 0.1) is 17.3 Å². The second kappa shape index (κ2) is 4.61. The average Bonchev–Trinajstić information content (AvgIpc) is 3.23. The van der Waals surface area contributed by atoms with Crippen molar-refractivity contribution in [1.29, 1.82) is 5.26 Å². The Labute approximate surface area is 107 Å². The first-order valence-corrected chi connectivity index (χ1v) is 6.71. The quantitative estimate of drug-likeness (QED) is 0.794. The van der Waals surface area contributed by atoms with Crippen LogP contribution in [0.1, 0.15) is 31.2 Å². The molecule has 3 heteroatoms. The number of nitriles is 1. The summed E-state index contributed by atoms with van der Waals surface area (Å²) in [6.07, 6.45) is 5.11. The molecule has 2 fully saturated rings. The zero-order valence-corrected chi connectivity index (χ0v) is 10.4. The van der Waals surface area contributed by atoms with Crippen LogP contribution in [0.3, 0.4) is 0 Å². The molecule has 0 spiro atoms. The molecule has 2 saturated carbocycles. The number of rotatable bonds is 5. The highest BCUT2D eigenvalue weighted by molar-refractivity contribution is 5.51. The van der Waals surface area contributed by atoms with Crippen LogP contribution in [0.15, 0.2) is 18.2 Å². The predicted octanol–water partition coefficient (Wildman–Crippen LogP) is 3.32. The van der Waals surface area contributed by atoms with Gasteiger partial charge < -0.3 is 4.90 Å². The minimum absolute atomic E-state index is 0.254. The molecule has 3 rings (SSSR count). The van der Waals surface area contributed by atoms with Gasteiger partial charge in [-0.1, -0.05) is 0 Å². The molecule has 0 unspecified atom stereocenters. The minimum atomic E-state index is -0.254. The van der Waals surface area contributed by atoms with Crippen LogP contribution < -0.4 is 4.90 Å². The lowest BCUT2D eigenvalue weighted by Crippen LogP contribution is -2.28. The van der Waals surface area contributed by atoms with E-state index in [2.05, 4.69) is 4.90 Å². The summed E-state index contributed by atoms with van der Waals surface area (Å²) in [5.41, 5.74) is 1.07. The molecule has 1 aromatic carbocycles. The smallest absolute Gasteiger partial charge is 0.147 e. The third kappa shape index (κ3) is 2.64. The summed E-state index contributed by atoms with van der Waals surface area (Å²) in [4.78, 5) is 2.19. The third-order valence-electron chi connectivity index (χ3n) is 3.77. The first-order valence-electron chi connectivity index (χ1n) is 6.71. The van der Waals surface area contributed by atoms with E-state index < -0.39 is 0 Å². The van der Waals surface area contributed by atoms with Gasteiger partial charge in [0.2, 0.25) is 0 Å². The Morgan fingerprint density at radius 3 is 2.22 bits per heavy atom. The van der Waals surface area contributed by atoms with Gasteiger partial charge in [-0.2, -0.15) is 5.26 Å². The molecule has 0 saturated heterocycles.